The van der Waals surface area contributed by atoms with Gasteiger partial charge in [0.15, 0.2) is 0 Å². The molecule has 0 aromatic carbocycles. The van der Waals surface area contributed by atoms with Crippen LogP contribution in [0.5, 0.6) is 0 Å². The number of rotatable bonds is 3. The molecule has 19 heavy (non-hydrogen) atoms. The van der Waals surface area contributed by atoms with E-state index in [0.29, 0.717) is 5.92 Å². The first kappa shape index (κ1) is 11.4. The normalized spacial score (nSPS) is 37.5. The van der Waals surface area contributed by atoms with E-state index in [2.05, 4.69) is 10.3 Å². The summed E-state index contributed by atoms with van der Waals surface area (Å²) in [7, 11) is 0. The maximum Gasteiger partial charge on any atom is 0.227 e. The smallest absolute Gasteiger partial charge is 0.227 e. The molecular formula is C15H19N3O. The molecule has 1 heterocycles. The molecule has 1 aromatic heterocycles. The van der Waals surface area contributed by atoms with Gasteiger partial charge in [-0.15, -0.1) is 0 Å². The zero-order valence-corrected chi connectivity index (χ0v) is 10.9. The van der Waals surface area contributed by atoms with Gasteiger partial charge in [-0.3, -0.25) is 9.78 Å². The highest BCUT2D eigenvalue weighted by Gasteiger charge is 2.71. The van der Waals surface area contributed by atoms with E-state index in [1.807, 2.05) is 18.2 Å². The Morgan fingerprint density at radius 1 is 1.37 bits per heavy atom. The Kier molecular flexibility index (Phi) is 2.14. The van der Waals surface area contributed by atoms with Crippen molar-refractivity contribution in [2.45, 2.75) is 43.7 Å². The van der Waals surface area contributed by atoms with Crippen LogP contribution in [0.1, 0.15) is 37.8 Å². The molecular weight excluding hydrogens is 238 g/mol. The zero-order chi connectivity index (χ0) is 13.1. The molecule has 1 amide bonds. The molecule has 0 aliphatic heterocycles. The molecule has 3 N–H and O–H groups in total. The summed E-state index contributed by atoms with van der Waals surface area (Å²) in [6.07, 6.45) is 6.82. The summed E-state index contributed by atoms with van der Waals surface area (Å²) in [5, 5.41) is 3.29. The Balaban J connectivity index is 1.54. The van der Waals surface area contributed by atoms with Crippen LogP contribution in [0.4, 0.5) is 0 Å². The van der Waals surface area contributed by atoms with E-state index in [1.165, 1.54) is 0 Å². The van der Waals surface area contributed by atoms with Gasteiger partial charge < -0.3 is 11.1 Å². The first-order valence-electron chi connectivity index (χ1n) is 7.16. The predicted molar refractivity (Wildman–Crippen MR) is 71.0 cm³/mol. The Hall–Kier alpha value is -1.42. The van der Waals surface area contributed by atoms with Crippen LogP contribution in [0.15, 0.2) is 24.4 Å². The number of aromatic nitrogens is 1. The second-order valence-electron chi connectivity index (χ2n) is 6.44. The van der Waals surface area contributed by atoms with Crippen molar-refractivity contribution in [2.75, 3.05) is 0 Å². The van der Waals surface area contributed by atoms with Crippen molar-refractivity contribution in [1.82, 2.24) is 10.3 Å². The van der Waals surface area contributed by atoms with Gasteiger partial charge in [0.2, 0.25) is 5.91 Å². The molecule has 0 saturated heterocycles. The van der Waals surface area contributed by atoms with Gasteiger partial charge >= 0.3 is 0 Å². The number of nitrogens with two attached hydrogens (primary N) is 1. The molecule has 3 aliphatic rings. The summed E-state index contributed by atoms with van der Waals surface area (Å²) in [4.78, 5) is 17.0. The maximum atomic E-state index is 12.5. The molecule has 3 aliphatic carbocycles. The lowest BCUT2D eigenvalue weighted by Crippen LogP contribution is -2.56. The van der Waals surface area contributed by atoms with Crippen molar-refractivity contribution in [1.29, 1.82) is 0 Å². The van der Waals surface area contributed by atoms with Crippen molar-refractivity contribution >= 4 is 5.91 Å². The Labute approximate surface area is 112 Å². The van der Waals surface area contributed by atoms with Crippen LogP contribution < -0.4 is 11.1 Å². The number of carbonyl (C=O) groups is 1. The average molecular weight is 257 g/mol. The average Bonchev–Trinajstić information content (AvgIpc) is 3.01. The third-order valence-electron chi connectivity index (χ3n) is 5.42. The summed E-state index contributed by atoms with van der Waals surface area (Å²) >= 11 is 0. The van der Waals surface area contributed by atoms with E-state index in [1.54, 1.807) is 6.20 Å². The van der Waals surface area contributed by atoms with Crippen molar-refractivity contribution < 1.29 is 4.79 Å². The molecule has 0 bridgehead atoms. The van der Waals surface area contributed by atoms with Crippen molar-refractivity contribution in [2.24, 2.45) is 17.1 Å². The van der Waals surface area contributed by atoms with E-state index >= 15 is 0 Å². The number of pyridine rings is 1. The fourth-order valence-electron chi connectivity index (χ4n) is 3.85. The Morgan fingerprint density at radius 3 is 2.68 bits per heavy atom. The molecule has 0 radical (unpaired) electrons. The minimum Gasteiger partial charge on any atom is -0.345 e. The fraction of sp³-hybridized carbons (Fsp3) is 0.600. The van der Waals surface area contributed by atoms with Gasteiger partial charge in [-0.1, -0.05) is 6.07 Å². The van der Waals surface area contributed by atoms with Gasteiger partial charge in [-0.05, 0) is 50.2 Å². The molecule has 100 valence electrons. The first-order chi connectivity index (χ1) is 9.16. The zero-order valence-electron chi connectivity index (χ0n) is 10.9. The number of fused-ring (bicyclic) bond motifs is 1. The van der Waals surface area contributed by atoms with Gasteiger partial charge in [0.05, 0.1) is 16.6 Å². The molecule has 3 atom stereocenters. The van der Waals surface area contributed by atoms with Crippen LogP contribution in [-0.2, 0) is 10.3 Å². The molecule has 4 nitrogen and oxygen atoms in total. The largest absolute Gasteiger partial charge is 0.345 e. The number of hydrogen-bond acceptors (Lipinski definition) is 3. The number of amides is 1. The highest BCUT2D eigenvalue weighted by molar-refractivity contribution is 5.88. The van der Waals surface area contributed by atoms with E-state index < -0.39 is 0 Å². The topological polar surface area (TPSA) is 68.0 Å². The van der Waals surface area contributed by atoms with E-state index in [9.17, 15) is 4.79 Å². The lowest BCUT2D eigenvalue weighted by Gasteiger charge is -2.44. The minimum atomic E-state index is -0.208. The first-order valence-corrected chi connectivity index (χ1v) is 7.16. The summed E-state index contributed by atoms with van der Waals surface area (Å²) in [6, 6.07) is 6.18. The molecule has 0 unspecified atom stereocenters. The number of carbonyl (C=O) groups excluding carboxylic acids is 1. The Morgan fingerprint density at radius 2 is 2.21 bits per heavy atom. The molecule has 4 rings (SSSR count). The third-order valence-corrected chi connectivity index (χ3v) is 5.42. The van der Waals surface area contributed by atoms with E-state index in [4.69, 9.17) is 5.73 Å². The second kappa shape index (κ2) is 3.57. The lowest BCUT2D eigenvalue weighted by atomic mass is 9.72. The quantitative estimate of drug-likeness (QED) is 0.858. The maximum absolute atomic E-state index is 12.5. The van der Waals surface area contributed by atoms with Gasteiger partial charge in [0, 0.05) is 12.2 Å². The van der Waals surface area contributed by atoms with Crippen LogP contribution in [0.25, 0.3) is 0 Å². The Bertz CT molecular complexity index is 525. The monoisotopic (exact) mass is 257 g/mol. The van der Waals surface area contributed by atoms with Gasteiger partial charge in [-0.2, -0.15) is 0 Å². The third kappa shape index (κ3) is 1.43. The molecule has 1 aromatic rings. The summed E-state index contributed by atoms with van der Waals surface area (Å²) in [5.41, 5.74) is 6.60. The standard InChI is InChI=1S/C15H19N3O/c16-11-9-14(8-10(11)14)13(19)18-15(5-3-6-15)12-4-1-2-7-17-12/h1-2,4,7,10-11H,3,5-6,8-9,16H2,(H,18,19)/t10-,11-,14-/m1/s1. The van der Waals surface area contributed by atoms with Crippen molar-refractivity contribution in [3.63, 3.8) is 0 Å². The molecule has 0 spiro atoms. The van der Waals surface area contributed by atoms with Crippen LogP contribution in [0.3, 0.4) is 0 Å². The van der Waals surface area contributed by atoms with Crippen molar-refractivity contribution in [3.8, 4) is 0 Å². The summed E-state index contributed by atoms with van der Waals surface area (Å²) < 4.78 is 0. The van der Waals surface area contributed by atoms with Crippen LogP contribution in [0.2, 0.25) is 0 Å². The molecule has 4 heteroatoms. The highest BCUT2D eigenvalue weighted by Crippen LogP contribution is 2.67. The SMILES string of the molecule is N[C@@H]1C[C@]2(C(=O)NC3(c4ccccn4)CCC3)C[C@H]12. The lowest BCUT2D eigenvalue weighted by molar-refractivity contribution is -0.133. The fourth-order valence-corrected chi connectivity index (χ4v) is 3.85. The van der Waals surface area contributed by atoms with E-state index in [0.717, 1.165) is 37.8 Å². The number of hydrogen-bond donors (Lipinski definition) is 2. The second-order valence-corrected chi connectivity index (χ2v) is 6.44. The van der Waals surface area contributed by atoms with Crippen LogP contribution >= 0.6 is 0 Å². The van der Waals surface area contributed by atoms with Gasteiger partial charge in [0.1, 0.15) is 0 Å². The molecule has 3 fully saturated rings. The number of nitrogens with one attached hydrogen (secondary N) is 1. The minimum absolute atomic E-state index is 0.114. The van der Waals surface area contributed by atoms with Gasteiger partial charge in [0.25, 0.3) is 0 Å². The van der Waals surface area contributed by atoms with Crippen molar-refractivity contribution in [3.05, 3.63) is 30.1 Å². The number of nitrogens with zero attached hydrogens (tertiary/aromatic N) is 1. The van der Waals surface area contributed by atoms with Crippen LogP contribution in [-0.4, -0.2) is 16.9 Å². The highest BCUT2D eigenvalue weighted by atomic mass is 16.2. The predicted octanol–water partition coefficient (Wildman–Crippen LogP) is 1.31. The molecule has 3 saturated carbocycles. The van der Waals surface area contributed by atoms with Gasteiger partial charge in [-0.25, -0.2) is 0 Å². The summed E-state index contributed by atoms with van der Waals surface area (Å²) in [6.45, 7) is 0. The van der Waals surface area contributed by atoms with Crippen LogP contribution in [0, 0.1) is 11.3 Å². The summed E-state index contributed by atoms with van der Waals surface area (Å²) in [5.74, 6) is 0.651. The van der Waals surface area contributed by atoms with E-state index in [-0.39, 0.29) is 22.9 Å².